The van der Waals surface area contributed by atoms with Gasteiger partial charge in [0, 0.05) is 0 Å². The van der Waals surface area contributed by atoms with Crippen molar-refractivity contribution in [3.63, 3.8) is 0 Å². The Morgan fingerprint density at radius 2 is 2.05 bits per heavy atom. The zero-order valence-corrected chi connectivity index (χ0v) is 12.5. The summed E-state index contributed by atoms with van der Waals surface area (Å²) in [4.78, 5) is 11.3. The third kappa shape index (κ3) is 3.30. The van der Waals surface area contributed by atoms with E-state index in [9.17, 15) is 4.79 Å². The lowest BCUT2D eigenvalue weighted by Gasteiger charge is -2.05. The van der Waals surface area contributed by atoms with Crippen LogP contribution in [-0.4, -0.2) is 15.9 Å². The average Bonchev–Trinajstić information content (AvgIpc) is 2.43. The number of nitrogens with one attached hydrogen (secondary N) is 2. The summed E-state index contributed by atoms with van der Waals surface area (Å²) in [6.45, 7) is 1.78. The predicted octanol–water partition coefficient (Wildman–Crippen LogP) is 3.57. The van der Waals surface area contributed by atoms with Crippen molar-refractivity contribution in [2.24, 2.45) is 5.10 Å². The zero-order chi connectivity index (χ0) is 14.7. The first-order chi connectivity index (χ1) is 9.49. The monoisotopic (exact) mass is 330 g/mol. The molecule has 0 amide bonds. The first-order valence-corrected chi connectivity index (χ1v) is 6.61. The Labute approximate surface area is 129 Å². The highest BCUT2D eigenvalue weighted by Crippen LogP contribution is 2.23. The van der Waals surface area contributed by atoms with Gasteiger partial charge in [-0.2, -0.15) is 10.2 Å². The fraction of sp³-hybridized carbons (Fsp3) is 0.0833. The fourth-order valence-corrected chi connectivity index (χ4v) is 1.82. The Bertz CT molecular complexity index is 727. The van der Waals surface area contributed by atoms with E-state index in [1.54, 1.807) is 25.1 Å². The van der Waals surface area contributed by atoms with Crippen LogP contribution >= 0.6 is 34.8 Å². The minimum atomic E-state index is -0.487. The van der Waals surface area contributed by atoms with Crippen LogP contribution in [0.5, 0.6) is 0 Å². The number of halogens is 3. The van der Waals surface area contributed by atoms with Crippen molar-refractivity contribution in [2.75, 3.05) is 5.43 Å². The summed E-state index contributed by atoms with van der Waals surface area (Å²) in [6, 6.07) is 5.16. The molecule has 2 rings (SSSR count). The Morgan fingerprint density at radius 3 is 2.75 bits per heavy atom. The second-order valence-electron chi connectivity index (χ2n) is 3.86. The summed E-state index contributed by atoms with van der Waals surface area (Å²) in [7, 11) is 0. The van der Waals surface area contributed by atoms with Crippen molar-refractivity contribution in [1.29, 1.82) is 0 Å². The number of H-pyrrole nitrogens is 1. The van der Waals surface area contributed by atoms with Gasteiger partial charge >= 0.3 is 0 Å². The van der Waals surface area contributed by atoms with E-state index in [1.165, 1.54) is 6.20 Å². The van der Waals surface area contributed by atoms with Crippen LogP contribution < -0.4 is 11.0 Å². The maximum absolute atomic E-state index is 11.3. The van der Waals surface area contributed by atoms with Crippen molar-refractivity contribution in [3.05, 3.63) is 55.4 Å². The molecule has 0 fully saturated rings. The van der Waals surface area contributed by atoms with Gasteiger partial charge in [-0.3, -0.25) is 10.2 Å². The number of aromatic nitrogens is 2. The van der Waals surface area contributed by atoms with Crippen LogP contribution in [0.4, 0.5) is 5.69 Å². The SMILES string of the molecule is C/C(=N\Nc1cn[nH]c(=O)c1Cl)c1ccc(Cl)c(Cl)c1. The minimum Gasteiger partial charge on any atom is -0.275 e. The van der Waals surface area contributed by atoms with Crippen LogP contribution in [0.15, 0.2) is 34.3 Å². The standard InChI is InChI=1S/C12H9Cl3N4O/c1-6(7-2-3-8(13)9(14)4-7)17-18-10-5-16-19-12(20)11(10)15/h2-5H,1H3,(H2,18,19,20)/b17-6+. The van der Waals surface area contributed by atoms with Gasteiger partial charge < -0.3 is 0 Å². The zero-order valence-electron chi connectivity index (χ0n) is 10.2. The van der Waals surface area contributed by atoms with E-state index >= 15 is 0 Å². The van der Waals surface area contributed by atoms with E-state index in [1.807, 2.05) is 0 Å². The Balaban J connectivity index is 2.24. The van der Waals surface area contributed by atoms with Gasteiger partial charge in [0.25, 0.3) is 5.56 Å². The van der Waals surface area contributed by atoms with E-state index in [0.717, 1.165) is 5.56 Å². The van der Waals surface area contributed by atoms with Crippen molar-refractivity contribution in [1.82, 2.24) is 10.2 Å². The minimum absolute atomic E-state index is 0.00862. The quantitative estimate of drug-likeness (QED) is 0.667. The van der Waals surface area contributed by atoms with Crippen LogP contribution in [-0.2, 0) is 0 Å². The highest BCUT2D eigenvalue weighted by molar-refractivity contribution is 6.42. The molecule has 0 spiro atoms. The van der Waals surface area contributed by atoms with Crippen LogP contribution in [0.1, 0.15) is 12.5 Å². The van der Waals surface area contributed by atoms with Gasteiger partial charge in [0.2, 0.25) is 0 Å². The van der Waals surface area contributed by atoms with E-state index in [-0.39, 0.29) is 5.02 Å². The van der Waals surface area contributed by atoms with Gasteiger partial charge in [0.1, 0.15) is 10.7 Å². The summed E-state index contributed by atoms with van der Waals surface area (Å²) in [6.07, 6.45) is 1.37. The van der Waals surface area contributed by atoms with Gasteiger partial charge in [-0.15, -0.1) is 0 Å². The molecule has 5 nitrogen and oxygen atoms in total. The average molecular weight is 332 g/mol. The molecule has 0 aliphatic rings. The summed E-state index contributed by atoms with van der Waals surface area (Å²) in [5, 5.41) is 10.9. The summed E-state index contributed by atoms with van der Waals surface area (Å²) >= 11 is 17.6. The third-order valence-corrected chi connectivity index (χ3v) is 3.59. The molecule has 0 saturated carbocycles. The van der Waals surface area contributed by atoms with E-state index in [2.05, 4.69) is 20.7 Å². The molecular weight excluding hydrogens is 323 g/mol. The van der Waals surface area contributed by atoms with E-state index in [4.69, 9.17) is 34.8 Å². The molecule has 2 N–H and O–H groups in total. The lowest BCUT2D eigenvalue weighted by atomic mass is 10.1. The number of hydrogen-bond acceptors (Lipinski definition) is 4. The maximum atomic E-state index is 11.3. The Hall–Kier alpha value is -1.56. The largest absolute Gasteiger partial charge is 0.285 e. The molecule has 2 aromatic rings. The van der Waals surface area contributed by atoms with Gasteiger partial charge in [-0.05, 0) is 24.6 Å². The van der Waals surface area contributed by atoms with Gasteiger partial charge in [0.15, 0.2) is 0 Å². The molecule has 0 atom stereocenters. The highest BCUT2D eigenvalue weighted by atomic mass is 35.5. The van der Waals surface area contributed by atoms with Crippen LogP contribution in [0.3, 0.4) is 0 Å². The molecule has 0 bridgehead atoms. The molecule has 0 aliphatic heterocycles. The second kappa shape index (κ2) is 6.26. The molecule has 0 aliphatic carbocycles. The molecular formula is C12H9Cl3N4O. The normalized spacial score (nSPS) is 11.5. The summed E-state index contributed by atoms with van der Waals surface area (Å²) in [5.74, 6) is 0. The van der Waals surface area contributed by atoms with E-state index in [0.29, 0.717) is 21.4 Å². The number of rotatable bonds is 3. The Kier molecular flexibility index (Phi) is 4.65. The predicted molar refractivity (Wildman–Crippen MR) is 82.2 cm³/mol. The molecule has 1 heterocycles. The molecule has 104 valence electrons. The molecule has 0 saturated heterocycles. The lowest BCUT2D eigenvalue weighted by Crippen LogP contribution is -2.10. The molecule has 20 heavy (non-hydrogen) atoms. The van der Waals surface area contributed by atoms with Crippen LogP contribution in [0, 0.1) is 0 Å². The number of nitrogens with zero attached hydrogens (tertiary/aromatic N) is 2. The summed E-state index contributed by atoms with van der Waals surface area (Å²) < 4.78 is 0. The number of anilines is 1. The third-order valence-electron chi connectivity index (χ3n) is 2.48. The number of benzene rings is 1. The first kappa shape index (κ1) is 14.8. The van der Waals surface area contributed by atoms with E-state index < -0.39 is 5.56 Å². The summed E-state index contributed by atoms with van der Waals surface area (Å²) in [5.41, 5.74) is 3.96. The van der Waals surface area contributed by atoms with Crippen molar-refractivity contribution in [2.45, 2.75) is 6.92 Å². The lowest BCUT2D eigenvalue weighted by molar-refractivity contribution is 0.986. The number of hydrogen-bond donors (Lipinski definition) is 2. The first-order valence-electron chi connectivity index (χ1n) is 5.48. The van der Waals surface area contributed by atoms with Gasteiger partial charge in [-0.1, -0.05) is 40.9 Å². The van der Waals surface area contributed by atoms with Crippen molar-refractivity contribution >= 4 is 46.2 Å². The second-order valence-corrected chi connectivity index (χ2v) is 5.06. The topological polar surface area (TPSA) is 70.1 Å². The van der Waals surface area contributed by atoms with Crippen LogP contribution in [0.25, 0.3) is 0 Å². The smallest absolute Gasteiger partial charge is 0.275 e. The highest BCUT2D eigenvalue weighted by Gasteiger charge is 2.05. The van der Waals surface area contributed by atoms with Crippen molar-refractivity contribution in [3.8, 4) is 0 Å². The molecule has 0 radical (unpaired) electrons. The number of aromatic amines is 1. The molecule has 8 heteroatoms. The fourth-order valence-electron chi connectivity index (χ4n) is 1.39. The van der Waals surface area contributed by atoms with Gasteiger partial charge in [-0.25, -0.2) is 5.10 Å². The van der Waals surface area contributed by atoms with Crippen molar-refractivity contribution < 1.29 is 0 Å². The Morgan fingerprint density at radius 1 is 1.30 bits per heavy atom. The van der Waals surface area contributed by atoms with Crippen LogP contribution in [0.2, 0.25) is 15.1 Å². The van der Waals surface area contributed by atoms with Gasteiger partial charge in [0.05, 0.1) is 22.0 Å². The maximum Gasteiger partial charge on any atom is 0.285 e. The molecule has 1 aromatic heterocycles. The molecule has 0 unspecified atom stereocenters. The number of hydrazone groups is 1. The molecule has 1 aromatic carbocycles.